The van der Waals surface area contributed by atoms with Gasteiger partial charge in [0.05, 0.1) is 34.1 Å². The van der Waals surface area contributed by atoms with Crippen LogP contribution in [-0.2, 0) is 0 Å². The minimum atomic E-state index is -0.146. The number of H-pyrrole nitrogens is 2. The molecule has 5 aromatic carbocycles. The van der Waals surface area contributed by atoms with E-state index < -0.39 is 0 Å². The first-order valence-electron chi connectivity index (χ1n) is 15.4. The molecule has 2 heterocycles. The molecule has 47 heavy (non-hydrogen) atoms. The van der Waals surface area contributed by atoms with Crippen molar-refractivity contribution < 1.29 is 0 Å². The average molecular weight is 614 g/mol. The third-order valence-corrected chi connectivity index (χ3v) is 8.61. The van der Waals surface area contributed by atoms with Crippen LogP contribution in [0.3, 0.4) is 0 Å². The lowest BCUT2D eigenvalue weighted by atomic mass is 9.84. The Hall–Kier alpha value is -6.39. The summed E-state index contributed by atoms with van der Waals surface area (Å²) in [7, 11) is 0. The predicted molar refractivity (Wildman–Crippen MR) is 185 cm³/mol. The van der Waals surface area contributed by atoms with Crippen LogP contribution in [0.5, 0.6) is 0 Å². The largest absolute Gasteiger partial charge is 0.295 e. The number of aromatic amines is 2. The fraction of sp³-hybridized carbons (Fsp3) is 0.0750. The van der Waals surface area contributed by atoms with Crippen LogP contribution >= 0.6 is 0 Å². The van der Waals surface area contributed by atoms with Crippen molar-refractivity contribution in [3.63, 3.8) is 0 Å². The highest BCUT2D eigenvalue weighted by molar-refractivity contribution is 5.68. The Labute approximate surface area is 271 Å². The van der Waals surface area contributed by atoms with E-state index in [4.69, 9.17) is 0 Å². The number of nitrogens with one attached hydrogen (secondary N) is 2. The van der Waals surface area contributed by atoms with Crippen molar-refractivity contribution in [2.24, 2.45) is 0 Å². The molecule has 7 aromatic rings. The maximum Gasteiger partial charge on any atom is 0.279 e. The van der Waals surface area contributed by atoms with Crippen LogP contribution in [0.1, 0.15) is 39.6 Å². The molecule has 0 aliphatic rings. The van der Waals surface area contributed by atoms with Gasteiger partial charge in [0.1, 0.15) is 0 Å². The van der Waals surface area contributed by atoms with E-state index in [-0.39, 0.29) is 17.0 Å². The average Bonchev–Trinajstić information content (AvgIpc) is 3.59. The van der Waals surface area contributed by atoms with Crippen molar-refractivity contribution in [2.75, 3.05) is 0 Å². The number of para-hydroxylation sites is 2. The van der Waals surface area contributed by atoms with Gasteiger partial charge < -0.3 is 0 Å². The van der Waals surface area contributed by atoms with Crippen molar-refractivity contribution in [1.82, 2.24) is 19.6 Å². The molecule has 228 valence electrons. The first-order valence-corrected chi connectivity index (χ1v) is 15.4. The van der Waals surface area contributed by atoms with Crippen LogP contribution in [0.2, 0.25) is 0 Å². The van der Waals surface area contributed by atoms with E-state index in [1.54, 1.807) is 9.36 Å². The van der Waals surface area contributed by atoms with Crippen molar-refractivity contribution in [2.45, 2.75) is 19.8 Å². The first kappa shape index (κ1) is 29.3. The summed E-state index contributed by atoms with van der Waals surface area (Å²) in [6.45, 7) is 3.82. The molecule has 0 atom stereocenters. The molecule has 0 aliphatic heterocycles. The van der Waals surface area contributed by atoms with Gasteiger partial charge in [-0.15, -0.1) is 0 Å². The normalized spacial score (nSPS) is 11.1. The highest BCUT2D eigenvalue weighted by Gasteiger charge is 2.21. The molecule has 0 amide bonds. The highest BCUT2D eigenvalue weighted by atomic mass is 16.1. The molecular weight excluding hydrogens is 582 g/mol. The number of rotatable bonds is 7. The fourth-order valence-corrected chi connectivity index (χ4v) is 6.30. The standard InChI is InChI=1S/C40H31N5O2/c1-26-36(39(46)44(42-26)34-9-5-3-6-10-34)29-17-21-32(22-18-29)38(31-15-13-28(25-41)14-16-31)33-23-19-30(20-24-33)37-27(2)43-45(40(37)47)35-11-7-4-8-12-35/h3-24,38,42-43H,1-2H3. The molecule has 0 saturated carbocycles. The predicted octanol–water partition coefficient (Wildman–Crippen LogP) is 7.65. The molecule has 2 aromatic heterocycles. The topological polar surface area (TPSA) is 99.4 Å². The Morgan fingerprint density at radius 1 is 0.532 bits per heavy atom. The van der Waals surface area contributed by atoms with Crippen molar-refractivity contribution in [1.29, 1.82) is 5.26 Å². The SMILES string of the molecule is Cc1[nH]n(-c2ccccc2)c(=O)c1-c1ccc(C(c2ccc(C#N)cc2)c2ccc(-c3c(C)[nH]n(-c4ccccc4)c3=O)cc2)cc1. The molecule has 2 N–H and O–H groups in total. The second-order valence-corrected chi connectivity index (χ2v) is 11.6. The monoisotopic (exact) mass is 613 g/mol. The number of hydrogen-bond donors (Lipinski definition) is 2. The summed E-state index contributed by atoms with van der Waals surface area (Å²) in [6.07, 6.45) is 0. The van der Waals surface area contributed by atoms with Gasteiger partial charge in [0, 0.05) is 17.3 Å². The lowest BCUT2D eigenvalue weighted by Gasteiger charge is -2.20. The summed E-state index contributed by atoms with van der Waals surface area (Å²) in [5.41, 5.74) is 9.52. The second kappa shape index (κ2) is 12.2. The molecular formula is C40H31N5O2. The Balaban J connectivity index is 1.26. The van der Waals surface area contributed by atoms with Gasteiger partial charge in [-0.1, -0.05) is 97.1 Å². The molecule has 0 saturated heterocycles. The van der Waals surface area contributed by atoms with Gasteiger partial charge >= 0.3 is 0 Å². The molecule has 0 unspecified atom stereocenters. The smallest absolute Gasteiger partial charge is 0.279 e. The van der Waals surface area contributed by atoms with Gasteiger partial charge in [0.25, 0.3) is 11.1 Å². The number of hydrogen-bond acceptors (Lipinski definition) is 3. The number of nitriles is 1. The van der Waals surface area contributed by atoms with E-state index in [0.29, 0.717) is 16.7 Å². The Bertz CT molecular complexity index is 2200. The summed E-state index contributed by atoms with van der Waals surface area (Å²) in [6, 6.07) is 45.0. The van der Waals surface area contributed by atoms with Crippen LogP contribution in [0.4, 0.5) is 0 Å². The van der Waals surface area contributed by atoms with Crippen molar-refractivity contribution >= 4 is 0 Å². The van der Waals surface area contributed by atoms with Crippen molar-refractivity contribution in [3.8, 4) is 39.7 Å². The van der Waals surface area contributed by atoms with E-state index in [1.165, 1.54) is 0 Å². The van der Waals surface area contributed by atoms with Crippen LogP contribution in [-0.4, -0.2) is 19.6 Å². The number of nitrogens with zero attached hydrogens (tertiary/aromatic N) is 3. The lowest BCUT2D eigenvalue weighted by molar-refractivity contribution is 0.835. The Morgan fingerprint density at radius 2 is 0.894 bits per heavy atom. The molecule has 0 fully saturated rings. The van der Waals surface area contributed by atoms with E-state index in [2.05, 4.69) is 40.5 Å². The third-order valence-electron chi connectivity index (χ3n) is 8.61. The summed E-state index contributed by atoms with van der Waals surface area (Å²) in [5.74, 6) is -0.146. The van der Waals surface area contributed by atoms with Gasteiger partial charge in [0.2, 0.25) is 0 Å². The van der Waals surface area contributed by atoms with Crippen LogP contribution in [0.15, 0.2) is 143 Å². The second-order valence-electron chi connectivity index (χ2n) is 11.6. The van der Waals surface area contributed by atoms with E-state index >= 15 is 0 Å². The highest BCUT2D eigenvalue weighted by Crippen LogP contribution is 2.35. The maximum atomic E-state index is 13.5. The summed E-state index contributed by atoms with van der Waals surface area (Å²) in [5, 5.41) is 15.8. The Kier molecular flexibility index (Phi) is 7.60. The van der Waals surface area contributed by atoms with Crippen molar-refractivity contribution in [3.05, 3.63) is 188 Å². The maximum absolute atomic E-state index is 13.5. The van der Waals surface area contributed by atoms with Gasteiger partial charge in [-0.2, -0.15) is 5.26 Å². The van der Waals surface area contributed by atoms with Gasteiger partial charge in [-0.25, -0.2) is 9.36 Å². The molecule has 7 heteroatoms. The molecule has 0 aliphatic carbocycles. The van der Waals surface area contributed by atoms with Gasteiger partial charge in [-0.3, -0.25) is 19.8 Å². The van der Waals surface area contributed by atoms with E-state index in [0.717, 1.165) is 50.6 Å². The zero-order valence-electron chi connectivity index (χ0n) is 25.9. The number of benzene rings is 5. The molecule has 7 rings (SSSR count). The van der Waals surface area contributed by atoms with Crippen LogP contribution in [0, 0.1) is 25.2 Å². The van der Waals surface area contributed by atoms with Gasteiger partial charge in [-0.05, 0) is 78.1 Å². The zero-order valence-corrected chi connectivity index (χ0v) is 25.9. The molecule has 0 radical (unpaired) electrons. The molecule has 0 spiro atoms. The third kappa shape index (κ3) is 5.43. The van der Waals surface area contributed by atoms with E-state index in [1.807, 2.05) is 123 Å². The summed E-state index contributed by atoms with van der Waals surface area (Å²) >= 11 is 0. The van der Waals surface area contributed by atoms with Gasteiger partial charge in [0.15, 0.2) is 0 Å². The number of aromatic nitrogens is 4. The minimum absolute atomic E-state index is 0.105. The summed E-state index contributed by atoms with van der Waals surface area (Å²) < 4.78 is 3.14. The van der Waals surface area contributed by atoms with Crippen LogP contribution in [0.25, 0.3) is 33.6 Å². The molecule has 7 nitrogen and oxygen atoms in total. The first-order chi connectivity index (χ1) is 22.9. The summed E-state index contributed by atoms with van der Waals surface area (Å²) in [4.78, 5) is 26.9. The molecule has 0 bridgehead atoms. The lowest BCUT2D eigenvalue weighted by Crippen LogP contribution is -2.15. The Morgan fingerprint density at radius 3 is 1.26 bits per heavy atom. The fourth-order valence-electron chi connectivity index (χ4n) is 6.30. The van der Waals surface area contributed by atoms with E-state index in [9.17, 15) is 14.9 Å². The van der Waals surface area contributed by atoms with Crippen LogP contribution < -0.4 is 11.1 Å². The number of aryl methyl sites for hydroxylation is 2. The zero-order chi connectivity index (χ0) is 32.5. The minimum Gasteiger partial charge on any atom is -0.295 e. The quantitative estimate of drug-likeness (QED) is 0.181.